The summed E-state index contributed by atoms with van der Waals surface area (Å²) in [6.45, 7) is 6.27. The van der Waals surface area contributed by atoms with E-state index in [0.717, 1.165) is 50.0 Å². The van der Waals surface area contributed by atoms with Gasteiger partial charge in [-0.15, -0.1) is 15.3 Å². The van der Waals surface area contributed by atoms with Gasteiger partial charge in [0.1, 0.15) is 11.6 Å². The van der Waals surface area contributed by atoms with Gasteiger partial charge < -0.3 is 4.90 Å². The van der Waals surface area contributed by atoms with Crippen LogP contribution in [0.25, 0.3) is 5.65 Å². The van der Waals surface area contributed by atoms with Crippen molar-refractivity contribution in [3.05, 3.63) is 52.6 Å². The molecule has 8 heteroatoms. The molecule has 2 aromatic heterocycles. The summed E-state index contributed by atoms with van der Waals surface area (Å²) < 4.78 is 15.7. The molecule has 0 spiro atoms. The summed E-state index contributed by atoms with van der Waals surface area (Å²) in [5.74, 6) is 1.48. The summed E-state index contributed by atoms with van der Waals surface area (Å²) in [6, 6.07) is 8.77. The van der Waals surface area contributed by atoms with E-state index in [-0.39, 0.29) is 5.82 Å². The number of halogens is 2. The molecule has 0 N–H and O–H groups in total. The van der Waals surface area contributed by atoms with Crippen LogP contribution in [0.1, 0.15) is 11.4 Å². The summed E-state index contributed by atoms with van der Waals surface area (Å²) in [5.41, 5.74) is 1.36. The fourth-order valence-electron chi connectivity index (χ4n) is 3.30. The van der Waals surface area contributed by atoms with Crippen LogP contribution in [0, 0.1) is 12.7 Å². The van der Waals surface area contributed by atoms with Crippen molar-refractivity contribution in [2.45, 2.75) is 13.3 Å². The predicted molar refractivity (Wildman–Crippen MR) is 99.3 cm³/mol. The van der Waals surface area contributed by atoms with Crippen molar-refractivity contribution in [1.82, 2.24) is 24.7 Å². The zero-order valence-electron chi connectivity index (χ0n) is 14.6. The molecule has 4 rings (SSSR count). The molecule has 1 aliphatic rings. The maximum absolute atomic E-state index is 13.9. The molecule has 0 radical (unpaired) electrons. The number of fused-ring (bicyclic) bond motifs is 1. The molecule has 3 aromatic rings. The average Bonchev–Trinajstić information content (AvgIpc) is 3.02. The van der Waals surface area contributed by atoms with Gasteiger partial charge >= 0.3 is 0 Å². The monoisotopic (exact) mass is 374 g/mol. The number of rotatable bonds is 4. The highest BCUT2D eigenvalue weighted by Crippen LogP contribution is 2.20. The Labute approximate surface area is 156 Å². The Bertz CT molecular complexity index is 899. The van der Waals surface area contributed by atoms with E-state index < -0.39 is 0 Å². The van der Waals surface area contributed by atoms with Crippen LogP contribution >= 0.6 is 11.6 Å². The lowest BCUT2D eigenvalue weighted by Gasteiger charge is -2.35. The van der Waals surface area contributed by atoms with E-state index in [1.807, 2.05) is 19.1 Å². The van der Waals surface area contributed by atoms with Gasteiger partial charge in [0.2, 0.25) is 0 Å². The third-order valence-electron chi connectivity index (χ3n) is 4.84. The van der Waals surface area contributed by atoms with Gasteiger partial charge in [0.15, 0.2) is 11.5 Å². The molecule has 1 aromatic carbocycles. The maximum Gasteiger partial charge on any atom is 0.178 e. The molecule has 0 unspecified atom stereocenters. The van der Waals surface area contributed by atoms with Gasteiger partial charge in [-0.2, -0.15) is 4.52 Å². The van der Waals surface area contributed by atoms with Gasteiger partial charge in [0.05, 0.1) is 0 Å². The molecule has 0 saturated carbocycles. The largest absolute Gasteiger partial charge is 0.353 e. The number of hydrogen-bond acceptors (Lipinski definition) is 5. The Balaban J connectivity index is 1.37. The van der Waals surface area contributed by atoms with Crippen LogP contribution in [-0.4, -0.2) is 57.4 Å². The zero-order chi connectivity index (χ0) is 18.1. The third kappa shape index (κ3) is 3.37. The normalized spacial score (nSPS) is 15.7. The van der Waals surface area contributed by atoms with Crippen LogP contribution in [0.5, 0.6) is 0 Å². The molecule has 0 amide bonds. The summed E-state index contributed by atoms with van der Waals surface area (Å²) in [5, 5.41) is 13.2. The first-order valence-electron chi connectivity index (χ1n) is 8.71. The lowest BCUT2D eigenvalue weighted by Crippen LogP contribution is -2.47. The molecule has 3 heterocycles. The Morgan fingerprint density at radius 3 is 2.65 bits per heavy atom. The second-order valence-corrected chi connectivity index (χ2v) is 6.89. The Hall–Kier alpha value is -2.25. The molecule has 136 valence electrons. The molecule has 26 heavy (non-hydrogen) atoms. The van der Waals surface area contributed by atoms with Gasteiger partial charge in [0, 0.05) is 43.3 Å². The topological polar surface area (TPSA) is 49.6 Å². The van der Waals surface area contributed by atoms with Crippen molar-refractivity contribution in [2.24, 2.45) is 0 Å². The maximum atomic E-state index is 13.9. The quantitative estimate of drug-likeness (QED) is 0.702. The van der Waals surface area contributed by atoms with Crippen LogP contribution < -0.4 is 4.90 Å². The van der Waals surface area contributed by atoms with E-state index in [1.54, 1.807) is 16.6 Å². The first-order chi connectivity index (χ1) is 12.6. The van der Waals surface area contributed by atoms with E-state index in [9.17, 15) is 4.39 Å². The molecule has 1 fully saturated rings. The first-order valence-corrected chi connectivity index (χ1v) is 9.09. The minimum Gasteiger partial charge on any atom is -0.353 e. The number of aromatic nitrogens is 4. The second kappa shape index (κ2) is 7.17. The molecule has 0 bridgehead atoms. The van der Waals surface area contributed by atoms with Crippen LogP contribution in [0.4, 0.5) is 10.2 Å². The highest BCUT2D eigenvalue weighted by molar-refractivity contribution is 6.31. The van der Waals surface area contributed by atoms with E-state index in [1.165, 1.54) is 6.07 Å². The molecular weight excluding hydrogens is 355 g/mol. The van der Waals surface area contributed by atoms with Crippen molar-refractivity contribution >= 4 is 23.1 Å². The summed E-state index contributed by atoms with van der Waals surface area (Å²) in [4.78, 5) is 4.59. The van der Waals surface area contributed by atoms with E-state index in [4.69, 9.17) is 11.6 Å². The molecule has 0 atom stereocenters. The van der Waals surface area contributed by atoms with Crippen molar-refractivity contribution in [3.8, 4) is 0 Å². The number of hydrogen-bond donors (Lipinski definition) is 0. The lowest BCUT2D eigenvalue weighted by atomic mass is 10.1. The summed E-state index contributed by atoms with van der Waals surface area (Å²) in [7, 11) is 0. The molecule has 1 aliphatic heterocycles. The summed E-state index contributed by atoms with van der Waals surface area (Å²) in [6.07, 6.45) is 0.621. The fourth-order valence-corrected chi connectivity index (χ4v) is 3.55. The van der Waals surface area contributed by atoms with E-state index in [2.05, 4.69) is 25.1 Å². The predicted octanol–water partition coefficient (Wildman–Crippen LogP) is 2.59. The van der Waals surface area contributed by atoms with Crippen molar-refractivity contribution in [2.75, 3.05) is 37.6 Å². The molecule has 6 nitrogen and oxygen atoms in total. The Morgan fingerprint density at radius 2 is 1.88 bits per heavy atom. The minimum absolute atomic E-state index is 0.224. The molecular formula is C18H20ClFN6. The van der Waals surface area contributed by atoms with Gasteiger partial charge in [0.25, 0.3) is 0 Å². The Kier molecular flexibility index (Phi) is 4.74. The smallest absolute Gasteiger partial charge is 0.178 e. The standard InChI is InChI=1S/C18H20ClFN6/c1-13-21-22-17-5-6-18(23-26(13)17)25-11-9-24(10-12-25)8-7-14-15(19)3-2-4-16(14)20/h2-6H,7-12H2,1H3. The number of aryl methyl sites for hydroxylation is 1. The second-order valence-electron chi connectivity index (χ2n) is 6.49. The van der Waals surface area contributed by atoms with Crippen LogP contribution in [0.3, 0.4) is 0 Å². The van der Waals surface area contributed by atoms with Crippen LogP contribution in [-0.2, 0) is 6.42 Å². The Morgan fingerprint density at radius 1 is 1.08 bits per heavy atom. The van der Waals surface area contributed by atoms with Crippen molar-refractivity contribution in [3.63, 3.8) is 0 Å². The first kappa shape index (κ1) is 17.2. The third-order valence-corrected chi connectivity index (χ3v) is 5.19. The molecule has 1 saturated heterocycles. The number of nitrogens with zero attached hydrogens (tertiary/aromatic N) is 6. The van der Waals surface area contributed by atoms with Gasteiger partial charge in [-0.1, -0.05) is 17.7 Å². The number of benzene rings is 1. The van der Waals surface area contributed by atoms with Crippen LogP contribution in [0.15, 0.2) is 30.3 Å². The zero-order valence-corrected chi connectivity index (χ0v) is 15.3. The van der Waals surface area contributed by atoms with Gasteiger partial charge in [-0.25, -0.2) is 4.39 Å². The van der Waals surface area contributed by atoms with Crippen molar-refractivity contribution < 1.29 is 4.39 Å². The van der Waals surface area contributed by atoms with Gasteiger partial charge in [-0.05, 0) is 37.6 Å². The van der Waals surface area contributed by atoms with E-state index >= 15 is 0 Å². The van der Waals surface area contributed by atoms with E-state index in [0.29, 0.717) is 17.0 Å². The average molecular weight is 375 g/mol. The number of piperazine rings is 1. The van der Waals surface area contributed by atoms with Crippen LogP contribution in [0.2, 0.25) is 5.02 Å². The van der Waals surface area contributed by atoms with Crippen molar-refractivity contribution in [1.29, 1.82) is 0 Å². The van der Waals surface area contributed by atoms with Gasteiger partial charge in [-0.3, -0.25) is 4.90 Å². The minimum atomic E-state index is -0.224. The number of anilines is 1. The lowest BCUT2D eigenvalue weighted by molar-refractivity contribution is 0.259. The highest BCUT2D eigenvalue weighted by atomic mass is 35.5. The summed E-state index contributed by atoms with van der Waals surface area (Å²) >= 11 is 6.11. The molecule has 0 aliphatic carbocycles. The highest BCUT2D eigenvalue weighted by Gasteiger charge is 2.19. The fraction of sp³-hybridized carbons (Fsp3) is 0.389. The SMILES string of the molecule is Cc1nnc2ccc(N3CCN(CCc4c(F)cccc4Cl)CC3)nn12.